The van der Waals surface area contributed by atoms with Crippen LogP contribution < -0.4 is 10.6 Å². The van der Waals surface area contributed by atoms with Crippen molar-refractivity contribution in [1.82, 2.24) is 15.5 Å². The van der Waals surface area contributed by atoms with Gasteiger partial charge in [-0.25, -0.2) is 0 Å². The van der Waals surface area contributed by atoms with Gasteiger partial charge in [0.2, 0.25) is 0 Å². The molecule has 0 amide bonds. The number of guanidine groups is 1. The van der Waals surface area contributed by atoms with Crippen LogP contribution >= 0.6 is 11.8 Å². The molecule has 2 heterocycles. The molecule has 2 saturated heterocycles. The van der Waals surface area contributed by atoms with Crippen LogP contribution in [-0.2, 0) is 4.74 Å². The fraction of sp³-hybridized carbons (Fsp3) is 0.938. The van der Waals surface area contributed by atoms with Crippen LogP contribution in [0.25, 0.3) is 0 Å². The molecule has 0 aromatic heterocycles. The summed E-state index contributed by atoms with van der Waals surface area (Å²) >= 11 is 2.08. The third-order valence-corrected chi connectivity index (χ3v) is 6.65. The lowest BCUT2D eigenvalue weighted by atomic mass is 9.88. The zero-order chi connectivity index (χ0) is 16.1. The van der Waals surface area contributed by atoms with Gasteiger partial charge < -0.3 is 20.3 Å². The first-order chi connectivity index (χ1) is 10.5. The second-order valence-electron chi connectivity index (χ2n) is 6.91. The van der Waals surface area contributed by atoms with E-state index in [0.29, 0.717) is 4.75 Å². The number of ether oxygens (including phenoxy) is 1. The maximum atomic E-state index is 5.53. The molecule has 2 aliphatic heterocycles. The van der Waals surface area contributed by atoms with E-state index in [1.54, 1.807) is 0 Å². The van der Waals surface area contributed by atoms with Gasteiger partial charge in [-0.2, -0.15) is 11.8 Å². The highest BCUT2D eigenvalue weighted by atomic mass is 32.2. The van der Waals surface area contributed by atoms with Gasteiger partial charge in [0.25, 0.3) is 0 Å². The van der Waals surface area contributed by atoms with Crippen molar-refractivity contribution in [2.75, 3.05) is 53.2 Å². The highest BCUT2D eigenvalue weighted by Gasteiger charge is 2.35. The predicted molar refractivity (Wildman–Crippen MR) is 95.9 cm³/mol. The standard InChI is InChI=1S/C16H32N4OS/c1-15(6-5-11-22-15)12-18-14(17-2)19-13-16(20(3)4)7-9-21-10-8-16/h5-13H2,1-4H3,(H2,17,18,19). The van der Waals surface area contributed by atoms with Crippen molar-refractivity contribution in [3.05, 3.63) is 0 Å². The monoisotopic (exact) mass is 328 g/mol. The molecule has 22 heavy (non-hydrogen) atoms. The normalized spacial score (nSPS) is 28.9. The van der Waals surface area contributed by atoms with Crippen molar-refractivity contribution >= 4 is 17.7 Å². The Kier molecular flexibility index (Phi) is 6.41. The molecule has 1 atom stereocenters. The molecule has 0 spiro atoms. The number of nitrogens with one attached hydrogen (secondary N) is 2. The van der Waals surface area contributed by atoms with Gasteiger partial charge >= 0.3 is 0 Å². The van der Waals surface area contributed by atoms with E-state index in [0.717, 1.165) is 45.1 Å². The van der Waals surface area contributed by atoms with E-state index in [-0.39, 0.29) is 5.54 Å². The zero-order valence-corrected chi connectivity index (χ0v) is 15.4. The number of rotatable bonds is 5. The topological polar surface area (TPSA) is 48.9 Å². The first-order valence-corrected chi connectivity index (χ1v) is 9.32. The van der Waals surface area contributed by atoms with Crippen molar-refractivity contribution in [2.45, 2.75) is 42.9 Å². The number of hydrogen-bond donors (Lipinski definition) is 2. The minimum Gasteiger partial charge on any atom is -0.381 e. The maximum absolute atomic E-state index is 5.53. The van der Waals surface area contributed by atoms with Gasteiger partial charge in [0.15, 0.2) is 5.96 Å². The molecule has 0 aromatic carbocycles. The summed E-state index contributed by atoms with van der Waals surface area (Å²) in [6.07, 6.45) is 4.76. The molecule has 128 valence electrons. The minimum atomic E-state index is 0.169. The van der Waals surface area contributed by atoms with E-state index in [1.165, 1.54) is 18.6 Å². The molecule has 0 aromatic rings. The molecule has 0 aliphatic carbocycles. The fourth-order valence-corrected chi connectivity index (χ4v) is 4.49. The summed E-state index contributed by atoms with van der Waals surface area (Å²) in [5, 5.41) is 7.05. The molecule has 0 saturated carbocycles. The molecule has 5 nitrogen and oxygen atoms in total. The van der Waals surface area contributed by atoms with E-state index < -0.39 is 0 Å². The molecule has 2 rings (SSSR count). The molecule has 0 bridgehead atoms. The summed E-state index contributed by atoms with van der Waals surface area (Å²) in [5.74, 6) is 2.20. The van der Waals surface area contributed by atoms with Gasteiger partial charge in [-0.1, -0.05) is 0 Å². The van der Waals surface area contributed by atoms with E-state index in [4.69, 9.17) is 4.74 Å². The average molecular weight is 329 g/mol. The van der Waals surface area contributed by atoms with E-state index in [1.807, 2.05) is 7.05 Å². The van der Waals surface area contributed by atoms with Crippen LogP contribution in [0, 0.1) is 0 Å². The first kappa shape index (κ1) is 17.9. The molecular formula is C16H32N4OS. The molecule has 2 aliphatic rings. The molecule has 6 heteroatoms. The second-order valence-corrected chi connectivity index (χ2v) is 8.59. The van der Waals surface area contributed by atoms with Crippen molar-refractivity contribution in [1.29, 1.82) is 0 Å². The summed E-state index contributed by atoms with van der Waals surface area (Å²) in [6, 6.07) is 0. The Bertz CT molecular complexity index is 374. The van der Waals surface area contributed by atoms with Crippen molar-refractivity contribution in [3.8, 4) is 0 Å². The second kappa shape index (κ2) is 7.88. The van der Waals surface area contributed by atoms with E-state index in [2.05, 4.69) is 53.3 Å². The van der Waals surface area contributed by atoms with Crippen LogP contribution in [0.4, 0.5) is 0 Å². The highest BCUT2D eigenvalue weighted by molar-refractivity contribution is 8.00. The Morgan fingerprint density at radius 1 is 1.18 bits per heavy atom. The van der Waals surface area contributed by atoms with E-state index in [9.17, 15) is 0 Å². The lowest BCUT2D eigenvalue weighted by Crippen LogP contribution is -2.57. The van der Waals surface area contributed by atoms with Gasteiger partial charge in [-0.3, -0.25) is 4.99 Å². The van der Waals surface area contributed by atoms with Crippen LogP contribution in [0.15, 0.2) is 4.99 Å². The Balaban J connectivity index is 1.84. The minimum absolute atomic E-state index is 0.169. The molecule has 2 N–H and O–H groups in total. The number of thioether (sulfide) groups is 1. The summed E-state index contributed by atoms with van der Waals surface area (Å²) in [4.78, 5) is 6.73. The first-order valence-electron chi connectivity index (χ1n) is 8.33. The summed E-state index contributed by atoms with van der Waals surface area (Å²) in [6.45, 7) is 5.94. The third kappa shape index (κ3) is 4.52. The van der Waals surface area contributed by atoms with Crippen LogP contribution in [0.2, 0.25) is 0 Å². The van der Waals surface area contributed by atoms with Gasteiger partial charge in [0.05, 0.1) is 0 Å². The van der Waals surface area contributed by atoms with Gasteiger partial charge in [-0.05, 0) is 52.5 Å². The Morgan fingerprint density at radius 3 is 2.41 bits per heavy atom. The van der Waals surface area contributed by atoms with Crippen molar-refractivity contribution in [3.63, 3.8) is 0 Å². The van der Waals surface area contributed by atoms with Crippen LogP contribution in [-0.4, -0.2) is 74.3 Å². The third-order valence-electron chi connectivity index (χ3n) is 5.11. The number of likely N-dealkylation sites (N-methyl/N-ethyl adjacent to an activating group) is 1. The predicted octanol–water partition coefficient (Wildman–Crippen LogP) is 1.55. The van der Waals surface area contributed by atoms with Gasteiger partial charge in [0.1, 0.15) is 0 Å². The van der Waals surface area contributed by atoms with Crippen LogP contribution in [0.1, 0.15) is 32.6 Å². The largest absolute Gasteiger partial charge is 0.381 e. The summed E-state index contributed by atoms with van der Waals surface area (Å²) in [5.41, 5.74) is 0.169. The van der Waals surface area contributed by atoms with Gasteiger partial charge in [-0.15, -0.1) is 0 Å². The van der Waals surface area contributed by atoms with Crippen molar-refractivity contribution < 1.29 is 4.74 Å². The fourth-order valence-electron chi connectivity index (χ4n) is 3.25. The quantitative estimate of drug-likeness (QED) is 0.592. The molecular weight excluding hydrogens is 296 g/mol. The smallest absolute Gasteiger partial charge is 0.191 e. The van der Waals surface area contributed by atoms with Crippen molar-refractivity contribution in [2.24, 2.45) is 4.99 Å². The highest BCUT2D eigenvalue weighted by Crippen LogP contribution is 2.36. The Morgan fingerprint density at radius 2 is 1.86 bits per heavy atom. The maximum Gasteiger partial charge on any atom is 0.191 e. The molecule has 2 fully saturated rings. The molecule has 0 radical (unpaired) electrons. The number of aliphatic imine (C=N–C) groups is 1. The lowest BCUT2D eigenvalue weighted by Gasteiger charge is -2.43. The SMILES string of the molecule is CN=C(NCC1(C)CCCS1)NCC1(N(C)C)CCOCC1. The van der Waals surface area contributed by atoms with E-state index >= 15 is 0 Å². The molecule has 1 unspecified atom stereocenters. The average Bonchev–Trinajstić information content (AvgIpc) is 2.95. The number of hydrogen-bond acceptors (Lipinski definition) is 4. The van der Waals surface area contributed by atoms with Crippen LogP contribution in [0.5, 0.6) is 0 Å². The Labute approximate surface area is 139 Å². The van der Waals surface area contributed by atoms with Crippen LogP contribution in [0.3, 0.4) is 0 Å². The van der Waals surface area contributed by atoms with Gasteiger partial charge in [0, 0.05) is 43.6 Å². The summed E-state index contributed by atoms with van der Waals surface area (Å²) in [7, 11) is 6.19. The summed E-state index contributed by atoms with van der Waals surface area (Å²) < 4.78 is 5.89. The Hall–Kier alpha value is -0.460. The zero-order valence-electron chi connectivity index (χ0n) is 14.6. The lowest BCUT2D eigenvalue weighted by molar-refractivity contribution is -0.00501. The number of nitrogens with zero attached hydrogens (tertiary/aromatic N) is 2.